The molecule has 0 spiro atoms. The smallest absolute Gasteiger partial charge is 0.292 e. The van der Waals surface area contributed by atoms with Crippen LogP contribution < -0.4 is 11.1 Å². The summed E-state index contributed by atoms with van der Waals surface area (Å²) in [5.41, 5.74) is 5.40. The van der Waals surface area contributed by atoms with Crippen molar-refractivity contribution in [2.75, 3.05) is 5.73 Å². The number of nitro groups is 1. The number of nitrogens with one attached hydrogen (secondary N) is 1. The molecule has 0 saturated heterocycles. The van der Waals surface area contributed by atoms with Crippen LogP contribution in [-0.2, 0) is 7.05 Å². The number of benzene rings is 2. The molecule has 3 aromatic rings. The number of halogens is 1. The van der Waals surface area contributed by atoms with Crippen molar-refractivity contribution in [1.29, 1.82) is 0 Å². The van der Waals surface area contributed by atoms with E-state index in [1.165, 1.54) is 24.4 Å². The Balaban J connectivity index is 1.99. The first-order chi connectivity index (χ1) is 12.9. The lowest BCUT2D eigenvalue weighted by Crippen LogP contribution is -2.31. The number of aryl methyl sites for hydroxylation is 1. The van der Waals surface area contributed by atoms with Crippen LogP contribution in [0.1, 0.15) is 27.8 Å². The van der Waals surface area contributed by atoms with Crippen LogP contribution in [0.4, 0.5) is 15.8 Å². The van der Waals surface area contributed by atoms with Gasteiger partial charge in [0.2, 0.25) is 0 Å². The molecule has 1 unspecified atom stereocenters. The number of imidazole rings is 1. The van der Waals surface area contributed by atoms with Gasteiger partial charge in [-0.05, 0) is 18.2 Å². The van der Waals surface area contributed by atoms with Crippen LogP contribution in [-0.4, -0.2) is 20.4 Å². The van der Waals surface area contributed by atoms with Crippen LogP contribution in [0.25, 0.3) is 0 Å². The van der Waals surface area contributed by atoms with E-state index in [4.69, 9.17) is 5.73 Å². The van der Waals surface area contributed by atoms with Gasteiger partial charge in [0.05, 0.1) is 4.92 Å². The van der Waals surface area contributed by atoms with Crippen LogP contribution in [0.5, 0.6) is 0 Å². The van der Waals surface area contributed by atoms with Crippen molar-refractivity contribution in [3.8, 4) is 0 Å². The van der Waals surface area contributed by atoms with Gasteiger partial charge in [0.1, 0.15) is 23.4 Å². The molecular weight excluding hydrogens is 353 g/mol. The Hall–Kier alpha value is -3.75. The van der Waals surface area contributed by atoms with Crippen molar-refractivity contribution in [3.05, 3.63) is 87.7 Å². The van der Waals surface area contributed by atoms with E-state index < -0.39 is 22.7 Å². The number of nitrogen functional groups attached to an aromatic ring is 1. The lowest BCUT2D eigenvalue weighted by molar-refractivity contribution is -0.383. The average Bonchev–Trinajstić information content (AvgIpc) is 3.06. The van der Waals surface area contributed by atoms with Crippen molar-refractivity contribution in [3.63, 3.8) is 0 Å². The number of carbonyl (C=O) groups is 1. The summed E-state index contributed by atoms with van der Waals surface area (Å²) >= 11 is 0. The first kappa shape index (κ1) is 18.1. The normalized spacial score (nSPS) is 11.8. The highest BCUT2D eigenvalue weighted by molar-refractivity contribution is 5.96. The van der Waals surface area contributed by atoms with Gasteiger partial charge >= 0.3 is 0 Å². The third kappa shape index (κ3) is 3.61. The zero-order chi connectivity index (χ0) is 19.6. The van der Waals surface area contributed by atoms with E-state index in [1.807, 2.05) is 0 Å². The van der Waals surface area contributed by atoms with Gasteiger partial charge in [-0.25, -0.2) is 9.37 Å². The van der Waals surface area contributed by atoms with Gasteiger partial charge in [-0.15, -0.1) is 0 Å². The number of aromatic nitrogens is 2. The monoisotopic (exact) mass is 369 g/mol. The van der Waals surface area contributed by atoms with Crippen molar-refractivity contribution in [1.82, 2.24) is 14.9 Å². The maximum atomic E-state index is 14.3. The molecule has 3 N–H and O–H groups in total. The van der Waals surface area contributed by atoms with Crippen LogP contribution in [0.3, 0.4) is 0 Å². The average molecular weight is 369 g/mol. The molecule has 0 fully saturated rings. The number of anilines is 1. The van der Waals surface area contributed by atoms with Crippen LogP contribution in [0, 0.1) is 15.9 Å². The lowest BCUT2D eigenvalue weighted by Gasteiger charge is -2.19. The fourth-order valence-electron chi connectivity index (χ4n) is 2.70. The minimum atomic E-state index is -0.879. The molecule has 2 aromatic carbocycles. The lowest BCUT2D eigenvalue weighted by atomic mass is 10.0. The van der Waals surface area contributed by atoms with E-state index in [0.717, 1.165) is 6.07 Å². The number of carbonyl (C=O) groups excluding carboxylic acids is 1. The van der Waals surface area contributed by atoms with Gasteiger partial charge in [-0.2, -0.15) is 0 Å². The number of nitrogens with zero attached hydrogens (tertiary/aromatic N) is 3. The van der Waals surface area contributed by atoms with Crippen molar-refractivity contribution >= 4 is 17.3 Å². The zero-order valence-electron chi connectivity index (χ0n) is 14.3. The molecule has 8 nitrogen and oxygen atoms in total. The van der Waals surface area contributed by atoms with Crippen molar-refractivity contribution in [2.45, 2.75) is 6.04 Å². The second-order valence-electron chi connectivity index (χ2n) is 5.86. The summed E-state index contributed by atoms with van der Waals surface area (Å²) in [5.74, 6) is -0.707. The molecule has 0 aliphatic rings. The van der Waals surface area contributed by atoms with Crippen molar-refractivity contribution < 1.29 is 14.1 Å². The summed E-state index contributed by atoms with van der Waals surface area (Å²) in [6.45, 7) is 0. The summed E-state index contributed by atoms with van der Waals surface area (Å²) in [6.07, 6.45) is 3.20. The second-order valence-corrected chi connectivity index (χ2v) is 5.86. The Morgan fingerprint density at radius 2 is 2.07 bits per heavy atom. The molecule has 0 bridgehead atoms. The van der Waals surface area contributed by atoms with Crippen LogP contribution >= 0.6 is 0 Å². The van der Waals surface area contributed by atoms with Gasteiger partial charge in [-0.3, -0.25) is 14.9 Å². The molecule has 3 rings (SSSR count). The van der Waals surface area contributed by atoms with Gasteiger partial charge < -0.3 is 15.6 Å². The molecule has 138 valence electrons. The molecular formula is C18H16FN5O3. The van der Waals surface area contributed by atoms with Crippen LogP contribution in [0.2, 0.25) is 0 Å². The highest BCUT2D eigenvalue weighted by atomic mass is 19.1. The highest BCUT2D eigenvalue weighted by Gasteiger charge is 2.25. The van der Waals surface area contributed by atoms with Gasteiger partial charge in [0, 0.05) is 36.6 Å². The predicted molar refractivity (Wildman–Crippen MR) is 96.4 cm³/mol. The largest absolute Gasteiger partial charge is 0.393 e. The topological polar surface area (TPSA) is 116 Å². The molecule has 1 atom stereocenters. The van der Waals surface area contributed by atoms with Crippen LogP contribution in [0.15, 0.2) is 54.9 Å². The van der Waals surface area contributed by atoms with Gasteiger partial charge in [0.25, 0.3) is 11.6 Å². The number of hydrogen-bond acceptors (Lipinski definition) is 5. The Morgan fingerprint density at radius 1 is 1.33 bits per heavy atom. The quantitative estimate of drug-likeness (QED) is 0.407. The summed E-state index contributed by atoms with van der Waals surface area (Å²) in [4.78, 5) is 27.3. The molecule has 27 heavy (non-hydrogen) atoms. The fraction of sp³-hybridized carbons (Fsp3) is 0.111. The zero-order valence-corrected chi connectivity index (χ0v) is 14.3. The minimum absolute atomic E-state index is 0.0337. The van der Waals surface area contributed by atoms with E-state index in [-0.39, 0.29) is 22.5 Å². The number of nitro benzene ring substituents is 1. The molecule has 0 aliphatic heterocycles. The van der Waals surface area contributed by atoms with Crippen molar-refractivity contribution in [2.24, 2.45) is 7.05 Å². The number of rotatable bonds is 5. The van der Waals surface area contributed by atoms with Gasteiger partial charge in [-0.1, -0.05) is 18.2 Å². The molecule has 1 aromatic heterocycles. The molecule has 9 heteroatoms. The Kier molecular flexibility index (Phi) is 4.84. The summed E-state index contributed by atoms with van der Waals surface area (Å²) in [6, 6.07) is 8.87. The Labute approximate surface area is 153 Å². The molecule has 0 aliphatic carbocycles. The Morgan fingerprint density at radius 3 is 2.70 bits per heavy atom. The maximum Gasteiger partial charge on any atom is 0.292 e. The summed E-state index contributed by atoms with van der Waals surface area (Å²) < 4.78 is 16.0. The van der Waals surface area contributed by atoms with E-state index in [1.54, 1.807) is 36.0 Å². The highest BCUT2D eigenvalue weighted by Crippen LogP contribution is 2.25. The standard InChI is InChI=1S/C18H16FN5O3/c1-23-9-8-21-17(23)16(12-4-2-3-5-13(12)19)22-18(25)11-6-7-14(20)15(10-11)24(26)27/h2-10,16H,20H2,1H3,(H,22,25). The first-order valence-electron chi connectivity index (χ1n) is 7.95. The third-order valence-electron chi connectivity index (χ3n) is 4.10. The molecule has 1 amide bonds. The van der Waals surface area contributed by atoms with E-state index in [0.29, 0.717) is 5.82 Å². The molecule has 1 heterocycles. The first-order valence-corrected chi connectivity index (χ1v) is 7.95. The maximum absolute atomic E-state index is 14.3. The van der Waals surface area contributed by atoms with E-state index >= 15 is 0 Å². The summed E-state index contributed by atoms with van der Waals surface area (Å²) in [5, 5.41) is 13.7. The van der Waals surface area contributed by atoms with E-state index in [9.17, 15) is 19.3 Å². The van der Waals surface area contributed by atoms with Gasteiger partial charge in [0.15, 0.2) is 0 Å². The number of amides is 1. The number of nitrogens with two attached hydrogens (primary N) is 1. The minimum Gasteiger partial charge on any atom is -0.393 e. The predicted octanol–water partition coefficient (Wildman–Crippen LogP) is 2.57. The SMILES string of the molecule is Cn1ccnc1C(NC(=O)c1ccc(N)c([N+](=O)[O-])c1)c1ccccc1F. The fourth-order valence-corrected chi connectivity index (χ4v) is 2.70. The second kappa shape index (κ2) is 7.24. The van der Waals surface area contributed by atoms with E-state index in [2.05, 4.69) is 10.3 Å². The number of hydrogen-bond donors (Lipinski definition) is 2. The Bertz CT molecular complexity index is 1020. The molecule has 0 saturated carbocycles. The summed E-state index contributed by atoms with van der Waals surface area (Å²) in [7, 11) is 1.72. The molecule has 0 radical (unpaired) electrons. The third-order valence-corrected chi connectivity index (χ3v) is 4.10.